The van der Waals surface area contributed by atoms with Crippen molar-refractivity contribution < 1.29 is 4.74 Å². The molecule has 0 saturated carbocycles. The van der Waals surface area contributed by atoms with E-state index in [-0.39, 0.29) is 6.10 Å². The monoisotopic (exact) mass is 187 g/mol. The van der Waals surface area contributed by atoms with Gasteiger partial charge in [0, 0.05) is 18.8 Å². The molecule has 2 rings (SSSR count). The SMILES string of the molecule is CC1=CCC(Oc2ccncc2)C=C1. The highest BCUT2D eigenvalue weighted by Crippen LogP contribution is 2.16. The van der Waals surface area contributed by atoms with Gasteiger partial charge < -0.3 is 4.74 Å². The molecule has 1 aliphatic rings. The van der Waals surface area contributed by atoms with E-state index in [0.29, 0.717) is 0 Å². The molecule has 0 bridgehead atoms. The van der Waals surface area contributed by atoms with Crippen LogP contribution in [0.1, 0.15) is 13.3 Å². The third kappa shape index (κ3) is 2.22. The largest absolute Gasteiger partial charge is 0.486 e. The Labute approximate surface area is 83.9 Å². The van der Waals surface area contributed by atoms with E-state index in [4.69, 9.17) is 4.74 Å². The summed E-state index contributed by atoms with van der Waals surface area (Å²) in [7, 11) is 0. The second-order valence-electron chi connectivity index (χ2n) is 3.38. The summed E-state index contributed by atoms with van der Waals surface area (Å²) >= 11 is 0. The minimum absolute atomic E-state index is 0.168. The molecule has 2 heteroatoms. The minimum atomic E-state index is 0.168. The minimum Gasteiger partial charge on any atom is -0.486 e. The molecule has 0 aliphatic heterocycles. The summed E-state index contributed by atoms with van der Waals surface area (Å²) in [6, 6.07) is 3.75. The first-order chi connectivity index (χ1) is 6.84. The quantitative estimate of drug-likeness (QED) is 0.710. The Bertz CT molecular complexity index is 354. The number of allylic oxidation sites excluding steroid dienone is 2. The van der Waals surface area contributed by atoms with Crippen molar-refractivity contribution in [3.05, 3.63) is 48.3 Å². The molecule has 0 saturated heterocycles. The van der Waals surface area contributed by atoms with Crippen LogP contribution in [0.2, 0.25) is 0 Å². The lowest BCUT2D eigenvalue weighted by molar-refractivity contribution is 0.251. The van der Waals surface area contributed by atoms with Gasteiger partial charge in [-0.05, 0) is 25.1 Å². The van der Waals surface area contributed by atoms with E-state index in [1.54, 1.807) is 12.4 Å². The molecular formula is C12H13NO. The van der Waals surface area contributed by atoms with E-state index in [9.17, 15) is 0 Å². The standard InChI is InChI=1S/C12H13NO/c1-10-2-4-11(5-3-10)14-12-6-8-13-9-7-12/h2-4,6-9,11H,5H2,1H3. The molecule has 0 amide bonds. The molecule has 2 nitrogen and oxygen atoms in total. The first-order valence-electron chi connectivity index (χ1n) is 4.76. The molecule has 0 aromatic carbocycles. The Balaban J connectivity index is 1.98. The predicted octanol–water partition coefficient (Wildman–Crippen LogP) is 2.74. The van der Waals surface area contributed by atoms with E-state index < -0.39 is 0 Å². The van der Waals surface area contributed by atoms with Crippen molar-refractivity contribution >= 4 is 0 Å². The van der Waals surface area contributed by atoms with Gasteiger partial charge in [0.05, 0.1) is 0 Å². The van der Waals surface area contributed by atoms with Gasteiger partial charge in [0.15, 0.2) is 0 Å². The van der Waals surface area contributed by atoms with Crippen LogP contribution in [-0.2, 0) is 0 Å². The molecule has 0 N–H and O–H groups in total. The second kappa shape index (κ2) is 4.09. The Morgan fingerprint density at radius 1 is 1.36 bits per heavy atom. The molecular weight excluding hydrogens is 174 g/mol. The van der Waals surface area contributed by atoms with Crippen molar-refractivity contribution in [2.75, 3.05) is 0 Å². The molecule has 0 fully saturated rings. The third-order valence-electron chi connectivity index (χ3n) is 2.18. The summed E-state index contributed by atoms with van der Waals surface area (Å²) in [5, 5.41) is 0. The Hall–Kier alpha value is -1.57. The van der Waals surface area contributed by atoms with Gasteiger partial charge in [0.2, 0.25) is 0 Å². The van der Waals surface area contributed by atoms with Gasteiger partial charge in [-0.2, -0.15) is 0 Å². The van der Waals surface area contributed by atoms with E-state index in [1.165, 1.54) is 5.57 Å². The fourth-order valence-corrected chi connectivity index (χ4v) is 1.39. The van der Waals surface area contributed by atoms with Gasteiger partial charge in [-0.15, -0.1) is 0 Å². The van der Waals surface area contributed by atoms with E-state index in [0.717, 1.165) is 12.2 Å². The number of ether oxygens (including phenoxy) is 1. The first kappa shape index (κ1) is 9.00. The lowest BCUT2D eigenvalue weighted by Gasteiger charge is -2.16. The zero-order valence-electron chi connectivity index (χ0n) is 8.18. The first-order valence-corrected chi connectivity index (χ1v) is 4.76. The molecule has 72 valence electrons. The molecule has 0 spiro atoms. The van der Waals surface area contributed by atoms with Crippen molar-refractivity contribution in [1.82, 2.24) is 4.98 Å². The van der Waals surface area contributed by atoms with Crippen LogP contribution < -0.4 is 4.74 Å². The van der Waals surface area contributed by atoms with Crippen LogP contribution in [0.3, 0.4) is 0 Å². The number of rotatable bonds is 2. The molecule has 1 aliphatic carbocycles. The molecule has 1 unspecified atom stereocenters. The fourth-order valence-electron chi connectivity index (χ4n) is 1.39. The molecule has 1 heterocycles. The smallest absolute Gasteiger partial charge is 0.123 e. The lowest BCUT2D eigenvalue weighted by Crippen LogP contribution is -2.14. The van der Waals surface area contributed by atoms with Crippen molar-refractivity contribution in [3.8, 4) is 5.75 Å². The maximum atomic E-state index is 5.73. The average Bonchev–Trinajstić information content (AvgIpc) is 2.23. The van der Waals surface area contributed by atoms with Gasteiger partial charge in [0.25, 0.3) is 0 Å². The maximum Gasteiger partial charge on any atom is 0.123 e. The van der Waals surface area contributed by atoms with Crippen LogP contribution in [0.15, 0.2) is 48.3 Å². The summed E-state index contributed by atoms with van der Waals surface area (Å²) < 4.78 is 5.73. The van der Waals surface area contributed by atoms with E-state index >= 15 is 0 Å². The molecule has 14 heavy (non-hydrogen) atoms. The van der Waals surface area contributed by atoms with Gasteiger partial charge in [-0.1, -0.05) is 17.7 Å². The number of hydrogen-bond donors (Lipinski definition) is 0. The summed E-state index contributed by atoms with van der Waals surface area (Å²) in [5.74, 6) is 0.877. The van der Waals surface area contributed by atoms with Crippen molar-refractivity contribution in [2.24, 2.45) is 0 Å². The highest BCUT2D eigenvalue weighted by molar-refractivity contribution is 5.24. The van der Waals surface area contributed by atoms with Gasteiger partial charge >= 0.3 is 0 Å². The van der Waals surface area contributed by atoms with Crippen molar-refractivity contribution in [1.29, 1.82) is 0 Å². The fraction of sp³-hybridized carbons (Fsp3) is 0.250. The molecule has 1 aromatic heterocycles. The van der Waals surface area contributed by atoms with Crippen LogP contribution in [0.5, 0.6) is 5.75 Å². The number of hydrogen-bond acceptors (Lipinski definition) is 2. The summed E-state index contributed by atoms with van der Waals surface area (Å²) in [6.45, 7) is 2.10. The maximum absolute atomic E-state index is 5.73. The molecule has 1 atom stereocenters. The van der Waals surface area contributed by atoms with Gasteiger partial charge in [0.1, 0.15) is 11.9 Å². The number of nitrogens with zero attached hydrogens (tertiary/aromatic N) is 1. The molecule has 0 radical (unpaired) electrons. The van der Waals surface area contributed by atoms with Crippen LogP contribution in [-0.4, -0.2) is 11.1 Å². The Morgan fingerprint density at radius 2 is 2.14 bits per heavy atom. The average molecular weight is 187 g/mol. The van der Waals surface area contributed by atoms with Crippen LogP contribution in [0, 0.1) is 0 Å². The molecule has 1 aromatic rings. The zero-order chi connectivity index (χ0) is 9.80. The highest BCUT2D eigenvalue weighted by atomic mass is 16.5. The number of pyridine rings is 1. The summed E-state index contributed by atoms with van der Waals surface area (Å²) in [6.07, 6.45) is 11.0. The topological polar surface area (TPSA) is 22.1 Å². The summed E-state index contributed by atoms with van der Waals surface area (Å²) in [5.41, 5.74) is 1.31. The zero-order valence-corrected chi connectivity index (χ0v) is 8.18. The Morgan fingerprint density at radius 3 is 2.79 bits per heavy atom. The lowest BCUT2D eigenvalue weighted by atomic mass is 10.1. The Kier molecular flexibility index (Phi) is 2.63. The summed E-state index contributed by atoms with van der Waals surface area (Å²) in [4.78, 5) is 3.94. The van der Waals surface area contributed by atoms with Gasteiger partial charge in [-0.25, -0.2) is 0 Å². The second-order valence-corrected chi connectivity index (χ2v) is 3.38. The van der Waals surface area contributed by atoms with E-state index in [1.807, 2.05) is 12.1 Å². The third-order valence-corrected chi connectivity index (χ3v) is 2.18. The van der Waals surface area contributed by atoms with Gasteiger partial charge in [-0.3, -0.25) is 4.98 Å². The predicted molar refractivity (Wildman–Crippen MR) is 56.2 cm³/mol. The van der Waals surface area contributed by atoms with Crippen molar-refractivity contribution in [2.45, 2.75) is 19.4 Å². The van der Waals surface area contributed by atoms with Crippen molar-refractivity contribution in [3.63, 3.8) is 0 Å². The van der Waals surface area contributed by atoms with E-state index in [2.05, 4.69) is 30.1 Å². The normalized spacial score (nSPS) is 20.4. The van der Waals surface area contributed by atoms with Crippen LogP contribution >= 0.6 is 0 Å². The van der Waals surface area contributed by atoms with Crippen LogP contribution in [0.25, 0.3) is 0 Å². The highest BCUT2D eigenvalue weighted by Gasteiger charge is 2.07. The number of aromatic nitrogens is 1. The van der Waals surface area contributed by atoms with Crippen LogP contribution in [0.4, 0.5) is 0 Å².